The second kappa shape index (κ2) is 7.40. The predicted molar refractivity (Wildman–Crippen MR) is 104 cm³/mol. The van der Waals surface area contributed by atoms with Gasteiger partial charge in [-0.25, -0.2) is 0 Å². The van der Waals surface area contributed by atoms with Crippen LogP contribution in [0.4, 0.5) is 0 Å². The van der Waals surface area contributed by atoms with Crippen molar-refractivity contribution in [3.8, 4) is 0 Å². The van der Waals surface area contributed by atoms with Gasteiger partial charge in [-0.2, -0.15) is 0 Å². The molecule has 1 spiro atoms. The lowest BCUT2D eigenvalue weighted by Gasteiger charge is -2.40. The molecule has 2 bridgehead atoms. The minimum absolute atomic E-state index is 0.0129. The Bertz CT molecular complexity index is 740. The molecule has 0 aliphatic heterocycles. The molecule has 0 radical (unpaired) electrons. The number of allylic oxidation sites excluding steroid dienone is 1. The van der Waals surface area contributed by atoms with Gasteiger partial charge in [0.1, 0.15) is 6.61 Å². The van der Waals surface area contributed by atoms with E-state index in [9.17, 15) is 4.79 Å². The Balaban J connectivity index is 1.55. The predicted octanol–water partition coefficient (Wildman–Crippen LogP) is 3.86. The van der Waals surface area contributed by atoms with Crippen LogP contribution in [-0.2, 0) is 14.3 Å². The number of carbonyl (C=O) groups is 1. The number of hydrogen-bond acceptors (Lipinski definition) is 4. The Morgan fingerprint density at radius 1 is 1.30 bits per heavy atom. The number of hydrogen-bond donors (Lipinski definition) is 1. The van der Waals surface area contributed by atoms with Gasteiger partial charge < -0.3 is 14.6 Å². The second-order valence-electron chi connectivity index (χ2n) is 8.49. The smallest absolute Gasteiger partial charge is 0.306 e. The maximum atomic E-state index is 12.6. The van der Waals surface area contributed by atoms with E-state index in [0.717, 1.165) is 6.42 Å². The molecule has 4 heteroatoms. The summed E-state index contributed by atoms with van der Waals surface area (Å²) in [6.45, 7) is 7.40. The maximum absolute atomic E-state index is 12.6. The summed E-state index contributed by atoms with van der Waals surface area (Å²) in [4.78, 5) is 12.6. The number of rotatable bonds is 7. The SMILES string of the molecule is C=C1C[C@]23C[C@H]1CCC2c1cccc(C)c1C3CC(=O)OCCOCCO. The van der Waals surface area contributed by atoms with E-state index < -0.39 is 0 Å². The van der Waals surface area contributed by atoms with Crippen molar-refractivity contribution < 1.29 is 19.4 Å². The van der Waals surface area contributed by atoms with Crippen LogP contribution in [0.1, 0.15) is 60.6 Å². The van der Waals surface area contributed by atoms with Crippen LogP contribution < -0.4 is 0 Å². The maximum Gasteiger partial charge on any atom is 0.306 e. The summed E-state index contributed by atoms with van der Waals surface area (Å²) < 4.78 is 10.6. The van der Waals surface area contributed by atoms with Crippen molar-refractivity contribution in [2.45, 2.75) is 50.9 Å². The molecule has 2 unspecified atom stereocenters. The van der Waals surface area contributed by atoms with E-state index in [1.165, 1.54) is 41.5 Å². The largest absolute Gasteiger partial charge is 0.463 e. The Labute approximate surface area is 161 Å². The molecule has 3 aliphatic carbocycles. The van der Waals surface area contributed by atoms with Crippen molar-refractivity contribution in [1.29, 1.82) is 0 Å². The third kappa shape index (κ3) is 3.13. The topological polar surface area (TPSA) is 55.8 Å². The van der Waals surface area contributed by atoms with E-state index >= 15 is 0 Å². The van der Waals surface area contributed by atoms with Gasteiger partial charge in [-0.1, -0.05) is 30.4 Å². The molecule has 0 amide bonds. The standard InChI is InChI=1S/C23H30O4/c1-15-4-3-5-18-19-7-6-17-14-23(19,13-16(17)2)20(22(15)18)12-21(25)27-11-10-26-9-8-24/h3-5,17,19-20,24H,2,6-14H2,1H3/t17-,19?,20?,23+/m1/s1. The summed E-state index contributed by atoms with van der Waals surface area (Å²) in [6.07, 6.45) is 5.10. The van der Waals surface area contributed by atoms with Crippen LogP contribution in [0, 0.1) is 18.3 Å². The number of carbonyl (C=O) groups excluding carboxylic acids is 1. The lowest BCUT2D eigenvalue weighted by atomic mass is 9.63. The molecule has 2 saturated carbocycles. The first-order valence-corrected chi connectivity index (χ1v) is 10.2. The molecular weight excluding hydrogens is 340 g/mol. The molecule has 4 nitrogen and oxygen atoms in total. The summed E-state index contributed by atoms with van der Waals surface area (Å²) in [5.74, 6) is 1.26. The van der Waals surface area contributed by atoms with Crippen LogP contribution in [0.15, 0.2) is 30.4 Å². The highest BCUT2D eigenvalue weighted by Gasteiger charge is 2.59. The highest BCUT2D eigenvalue weighted by atomic mass is 16.6. The van der Waals surface area contributed by atoms with E-state index in [4.69, 9.17) is 14.6 Å². The third-order valence-corrected chi connectivity index (χ3v) is 7.13. The van der Waals surface area contributed by atoms with Crippen molar-refractivity contribution in [3.05, 3.63) is 47.0 Å². The molecule has 4 atom stereocenters. The Morgan fingerprint density at radius 3 is 2.96 bits per heavy atom. The molecule has 0 saturated heterocycles. The Hall–Kier alpha value is -1.65. The summed E-state index contributed by atoms with van der Waals surface area (Å²) in [5, 5.41) is 8.73. The van der Waals surface area contributed by atoms with Gasteiger partial charge in [0.05, 0.1) is 26.2 Å². The summed E-state index contributed by atoms with van der Waals surface area (Å²) >= 11 is 0. The fourth-order valence-electron chi connectivity index (χ4n) is 6.13. The number of aryl methyl sites for hydroxylation is 1. The summed E-state index contributed by atoms with van der Waals surface area (Å²) in [5.41, 5.74) is 5.70. The zero-order chi connectivity index (χ0) is 19.0. The second-order valence-corrected chi connectivity index (χ2v) is 8.49. The van der Waals surface area contributed by atoms with Crippen LogP contribution >= 0.6 is 0 Å². The first-order chi connectivity index (χ1) is 13.1. The molecular formula is C23H30O4. The van der Waals surface area contributed by atoms with Gasteiger partial charge >= 0.3 is 5.97 Å². The fourth-order valence-corrected chi connectivity index (χ4v) is 6.13. The zero-order valence-corrected chi connectivity index (χ0v) is 16.2. The molecule has 4 rings (SSSR count). The van der Waals surface area contributed by atoms with Crippen molar-refractivity contribution >= 4 is 5.97 Å². The van der Waals surface area contributed by atoms with Gasteiger partial charge in [-0.3, -0.25) is 4.79 Å². The van der Waals surface area contributed by atoms with Gasteiger partial charge in [0.25, 0.3) is 0 Å². The van der Waals surface area contributed by atoms with E-state index in [1.54, 1.807) is 0 Å². The summed E-state index contributed by atoms with van der Waals surface area (Å²) in [7, 11) is 0. The van der Waals surface area contributed by atoms with Gasteiger partial charge in [-0.15, -0.1) is 0 Å². The Kier molecular flexibility index (Phi) is 5.13. The monoisotopic (exact) mass is 370 g/mol. The average Bonchev–Trinajstić information content (AvgIpc) is 3.06. The van der Waals surface area contributed by atoms with Crippen molar-refractivity contribution in [2.24, 2.45) is 11.3 Å². The molecule has 0 heterocycles. The van der Waals surface area contributed by atoms with Gasteiger partial charge in [0.2, 0.25) is 0 Å². The minimum atomic E-state index is -0.142. The number of fused-ring (bicyclic) bond motifs is 3. The first-order valence-electron chi connectivity index (χ1n) is 10.2. The van der Waals surface area contributed by atoms with Gasteiger partial charge in [0.15, 0.2) is 0 Å². The molecule has 1 aromatic rings. The molecule has 1 aromatic carbocycles. The van der Waals surface area contributed by atoms with E-state index in [0.29, 0.717) is 24.9 Å². The van der Waals surface area contributed by atoms with Gasteiger partial charge in [0, 0.05) is 5.92 Å². The number of ether oxygens (including phenoxy) is 2. The lowest BCUT2D eigenvalue weighted by molar-refractivity contribution is -0.146. The van der Waals surface area contributed by atoms with Crippen LogP contribution in [0.25, 0.3) is 0 Å². The highest BCUT2D eigenvalue weighted by molar-refractivity contribution is 5.72. The summed E-state index contributed by atoms with van der Waals surface area (Å²) in [6, 6.07) is 6.62. The molecule has 27 heavy (non-hydrogen) atoms. The molecule has 146 valence electrons. The number of esters is 1. The third-order valence-electron chi connectivity index (χ3n) is 7.13. The minimum Gasteiger partial charge on any atom is -0.463 e. The van der Waals surface area contributed by atoms with Crippen LogP contribution in [-0.4, -0.2) is 37.5 Å². The van der Waals surface area contributed by atoms with E-state index in [1.807, 2.05) is 0 Å². The van der Waals surface area contributed by atoms with Crippen molar-refractivity contribution in [1.82, 2.24) is 0 Å². The lowest BCUT2D eigenvalue weighted by Crippen LogP contribution is -2.31. The molecule has 1 N–H and O–H groups in total. The molecule has 3 aliphatic rings. The highest BCUT2D eigenvalue weighted by Crippen LogP contribution is 2.71. The van der Waals surface area contributed by atoms with Crippen molar-refractivity contribution in [2.75, 3.05) is 26.4 Å². The average molecular weight is 370 g/mol. The fraction of sp³-hybridized carbons (Fsp3) is 0.609. The van der Waals surface area contributed by atoms with Crippen molar-refractivity contribution in [3.63, 3.8) is 0 Å². The normalized spacial score (nSPS) is 30.9. The number of aliphatic hydroxyl groups is 1. The zero-order valence-electron chi connectivity index (χ0n) is 16.2. The quantitative estimate of drug-likeness (QED) is 0.450. The van der Waals surface area contributed by atoms with E-state index in [2.05, 4.69) is 31.7 Å². The Morgan fingerprint density at radius 2 is 2.15 bits per heavy atom. The van der Waals surface area contributed by atoms with Crippen LogP contribution in [0.5, 0.6) is 0 Å². The number of aliphatic hydroxyl groups excluding tert-OH is 1. The first kappa shape index (κ1) is 18.7. The van der Waals surface area contributed by atoms with E-state index in [-0.39, 0.29) is 37.1 Å². The van der Waals surface area contributed by atoms with Crippen LogP contribution in [0.2, 0.25) is 0 Å². The molecule has 0 aromatic heterocycles. The number of benzene rings is 1. The van der Waals surface area contributed by atoms with Gasteiger partial charge in [-0.05, 0) is 66.5 Å². The van der Waals surface area contributed by atoms with Crippen LogP contribution in [0.3, 0.4) is 0 Å². The molecule has 2 fully saturated rings.